The summed E-state index contributed by atoms with van der Waals surface area (Å²) in [5, 5.41) is 5.79. The molecule has 2 fully saturated rings. The van der Waals surface area contributed by atoms with Crippen LogP contribution in [0.1, 0.15) is 51.5 Å². The SMILES string of the molecule is C[C@@H](CCc1ccccc1)NC(=O)CN1C(=O)N[C@@]2(CCCC[C@@H]2C)C1=O. The number of carbonyl (C=O) groups is 3. The molecule has 146 valence electrons. The molecule has 0 bridgehead atoms. The number of amides is 4. The molecule has 27 heavy (non-hydrogen) atoms. The normalized spacial score (nSPS) is 26.1. The molecular formula is C21H29N3O3. The van der Waals surface area contributed by atoms with Crippen molar-refractivity contribution in [3.8, 4) is 0 Å². The second-order valence-electron chi connectivity index (χ2n) is 7.93. The van der Waals surface area contributed by atoms with E-state index in [1.807, 2.05) is 32.0 Å². The van der Waals surface area contributed by atoms with Crippen LogP contribution in [-0.2, 0) is 16.0 Å². The van der Waals surface area contributed by atoms with E-state index in [-0.39, 0.29) is 30.3 Å². The van der Waals surface area contributed by atoms with Gasteiger partial charge in [0.1, 0.15) is 12.1 Å². The van der Waals surface area contributed by atoms with E-state index in [9.17, 15) is 14.4 Å². The van der Waals surface area contributed by atoms with Gasteiger partial charge in [-0.15, -0.1) is 0 Å². The summed E-state index contributed by atoms with van der Waals surface area (Å²) in [5.74, 6) is -0.438. The van der Waals surface area contributed by atoms with Crippen molar-refractivity contribution in [1.29, 1.82) is 0 Å². The Morgan fingerprint density at radius 3 is 2.74 bits per heavy atom. The number of nitrogens with one attached hydrogen (secondary N) is 2. The van der Waals surface area contributed by atoms with Gasteiger partial charge in [-0.3, -0.25) is 14.5 Å². The Morgan fingerprint density at radius 2 is 2.04 bits per heavy atom. The number of nitrogens with zero attached hydrogens (tertiary/aromatic N) is 1. The number of hydrogen-bond donors (Lipinski definition) is 2. The quantitative estimate of drug-likeness (QED) is 0.755. The van der Waals surface area contributed by atoms with Crippen LogP contribution in [0.15, 0.2) is 30.3 Å². The Bertz CT molecular complexity index is 706. The Labute approximate surface area is 160 Å². The molecule has 1 spiro atoms. The highest BCUT2D eigenvalue weighted by molar-refractivity contribution is 6.09. The first-order chi connectivity index (χ1) is 12.9. The van der Waals surface area contributed by atoms with Crippen molar-refractivity contribution in [2.75, 3.05) is 6.54 Å². The highest BCUT2D eigenvalue weighted by Crippen LogP contribution is 2.38. The predicted octanol–water partition coefficient (Wildman–Crippen LogP) is 2.62. The summed E-state index contributed by atoms with van der Waals surface area (Å²) >= 11 is 0. The minimum absolute atomic E-state index is 0.0268. The van der Waals surface area contributed by atoms with Crippen LogP contribution in [0, 0.1) is 5.92 Å². The fourth-order valence-corrected chi connectivity index (χ4v) is 4.20. The van der Waals surface area contributed by atoms with Gasteiger partial charge in [-0.1, -0.05) is 50.1 Å². The van der Waals surface area contributed by atoms with E-state index in [0.717, 1.165) is 37.0 Å². The van der Waals surface area contributed by atoms with Crippen molar-refractivity contribution < 1.29 is 14.4 Å². The fraction of sp³-hybridized carbons (Fsp3) is 0.571. The van der Waals surface area contributed by atoms with Crippen LogP contribution in [0.3, 0.4) is 0 Å². The molecule has 2 N–H and O–H groups in total. The average molecular weight is 371 g/mol. The molecule has 1 aromatic rings. The van der Waals surface area contributed by atoms with Gasteiger partial charge in [0.25, 0.3) is 5.91 Å². The molecule has 0 unspecified atom stereocenters. The van der Waals surface area contributed by atoms with Crippen LogP contribution < -0.4 is 10.6 Å². The van der Waals surface area contributed by atoms with Crippen molar-refractivity contribution in [3.05, 3.63) is 35.9 Å². The van der Waals surface area contributed by atoms with Gasteiger partial charge in [-0.2, -0.15) is 0 Å². The van der Waals surface area contributed by atoms with Crippen molar-refractivity contribution in [3.63, 3.8) is 0 Å². The van der Waals surface area contributed by atoms with Crippen LogP contribution in [-0.4, -0.2) is 40.9 Å². The zero-order valence-corrected chi connectivity index (χ0v) is 16.2. The Kier molecular flexibility index (Phi) is 5.82. The Hall–Kier alpha value is -2.37. The third kappa shape index (κ3) is 4.15. The van der Waals surface area contributed by atoms with E-state index in [0.29, 0.717) is 6.42 Å². The Balaban J connectivity index is 1.53. The van der Waals surface area contributed by atoms with E-state index < -0.39 is 11.6 Å². The largest absolute Gasteiger partial charge is 0.352 e. The second kappa shape index (κ2) is 8.11. The van der Waals surface area contributed by atoms with Gasteiger partial charge in [0.05, 0.1) is 0 Å². The summed E-state index contributed by atoms with van der Waals surface area (Å²) < 4.78 is 0. The van der Waals surface area contributed by atoms with Gasteiger partial charge in [0.15, 0.2) is 0 Å². The van der Waals surface area contributed by atoms with Gasteiger partial charge in [0.2, 0.25) is 5.91 Å². The summed E-state index contributed by atoms with van der Waals surface area (Å²) in [6.45, 7) is 3.73. The molecule has 1 aromatic carbocycles. The summed E-state index contributed by atoms with van der Waals surface area (Å²) in [6, 6.07) is 9.63. The molecule has 0 radical (unpaired) electrons. The van der Waals surface area contributed by atoms with Crippen molar-refractivity contribution >= 4 is 17.8 Å². The smallest absolute Gasteiger partial charge is 0.325 e. The van der Waals surface area contributed by atoms with E-state index in [1.165, 1.54) is 5.56 Å². The number of carbonyl (C=O) groups excluding carboxylic acids is 3. The standard InChI is InChI=1S/C21H29N3O3/c1-15-8-6-7-13-21(15)19(26)24(20(27)23-21)14-18(25)22-16(2)11-12-17-9-4-3-5-10-17/h3-5,9-10,15-16H,6-8,11-14H2,1-2H3,(H,22,25)(H,23,27)/t15-,16-,21+/m0/s1. The number of aryl methyl sites for hydroxylation is 1. The first-order valence-corrected chi connectivity index (χ1v) is 9.90. The third-order valence-electron chi connectivity index (χ3n) is 5.92. The van der Waals surface area contributed by atoms with E-state index in [2.05, 4.69) is 22.8 Å². The molecule has 1 saturated heterocycles. The highest BCUT2D eigenvalue weighted by atomic mass is 16.2. The second-order valence-corrected chi connectivity index (χ2v) is 7.93. The summed E-state index contributed by atoms with van der Waals surface area (Å²) in [7, 11) is 0. The van der Waals surface area contributed by atoms with Gasteiger partial charge in [0, 0.05) is 6.04 Å². The monoisotopic (exact) mass is 371 g/mol. The molecule has 1 aliphatic carbocycles. The van der Waals surface area contributed by atoms with E-state index >= 15 is 0 Å². The molecule has 3 rings (SSSR count). The van der Waals surface area contributed by atoms with Gasteiger partial charge in [-0.25, -0.2) is 4.79 Å². The van der Waals surface area contributed by atoms with Crippen molar-refractivity contribution in [2.24, 2.45) is 5.92 Å². The number of imide groups is 1. The first kappa shape index (κ1) is 19.4. The first-order valence-electron chi connectivity index (χ1n) is 9.90. The van der Waals surface area contributed by atoms with E-state index in [1.54, 1.807) is 0 Å². The predicted molar refractivity (Wildman–Crippen MR) is 103 cm³/mol. The van der Waals surface area contributed by atoms with Crippen molar-refractivity contribution in [2.45, 2.75) is 64.0 Å². The maximum Gasteiger partial charge on any atom is 0.325 e. The lowest BCUT2D eigenvalue weighted by Gasteiger charge is -2.36. The molecule has 1 aliphatic heterocycles. The highest BCUT2D eigenvalue weighted by Gasteiger charge is 2.55. The average Bonchev–Trinajstić information content (AvgIpc) is 2.88. The molecule has 1 saturated carbocycles. The maximum atomic E-state index is 12.9. The lowest BCUT2D eigenvalue weighted by molar-refractivity contribution is -0.137. The molecular weight excluding hydrogens is 342 g/mol. The van der Waals surface area contributed by atoms with Crippen LogP contribution in [0.2, 0.25) is 0 Å². The van der Waals surface area contributed by atoms with Crippen LogP contribution in [0.4, 0.5) is 4.79 Å². The van der Waals surface area contributed by atoms with Crippen molar-refractivity contribution in [1.82, 2.24) is 15.5 Å². The minimum atomic E-state index is -0.811. The van der Waals surface area contributed by atoms with Gasteiger partial charge < -0.3 is 10.6 Å². The molecule has 1 heterocycles. The summed E-state index contributed by atoms with van der Waals surface area (Å²) in [5.41, 5.74) is 0.412. The maximum absolute atomic E-state index is 12.9. The molecule has 6 nitrogen and oxygen atoms in total. The van der Waals surface area contributed by atoms with Crippen LogP contribution in [0.5, 0.6) is 0 Å². The lowest BCUT2D eigenvalue weighted by Crippen LogP contribution is -2.54. The molecule has 2 aliphatic rings. The molecule has 0 aromatic heterocycles. The van der Waals surface area contributed by atoms with Crippen LogP contribution in [0.25, 0.3) is 0 Å². The lowest BCUT2D eigenvalue weighted by atomic mass is 9.73. The summed E-state index contributed by atoms with van der Waals surface area (Å²) in [6.07, 6.45) is 5.24. The zero-order chi connectivity index (χ0) is 19.4. The van der Waals surface area contributed by atoms with Gasteiger partial charge in [-0.05, 0) is 44.1 Å². The fourth-order valence-electron chi connectivity index (χ4n) is 4.20. The topological polar surface area (TPSA) is 78.5 Å². The zero-order valence-electron chi connectivity index (χ0n) is 16.2. The third-order valence-corrected chi connectivity index (χ3v) is 5.92. The number of hydrogen-bond acceptors (Lipinski definition) is 3. The number of urea groups is 1. The molecule has 4 amide bonds. The number of benzene rings is 1. The summed E-state index contributed by atoms with van der Waals surface area (Å²) in [4.78, 5) is 38.7. The Morgan fingerprint density at radius 1 is 1.30 bits per heavy atom. The number of rotatable bonds is 6. The van der Waals surface area contributed by atoms with E-state index in [4.69, 9.17) is 0 Å². The van der Waals surface area contributed by atoms with Crippen LogP contribution >= 0.6 is 0 Å². The molecule has 6 heteroatoms. The minimum Gasteiger partial charge on any atom is -0.352 e. The van der Waals surface area contributed by atoms with Gasteiger partial charge >= 0.3 is 6.03 Å². The molecule has 3 atom stereocenters.